The highest BCUT2D eigenvalue weighted by molar-refractivity contribution is 5.95. The Morgan fingerprint density at radius 3 is 2.71 bits per heavy atom. The van der Waals surface area contributed by atoms with Crippen molar-refractivity contribution in [1.82, 2.24) is 0 Å². The highest BCUT2D eigenvalue weighted by atomic mass is 16.3. The molecule has 0 bridgehead atoms. The molecule has 0 aromatic heterocycles. The van der Waals surface area contributed by atoms with Crippen molar-refractivity contribution in [3.05, 3.63) is 29.3 Å². The molecule has 0 atom stereocenters. The molecular formula is C13H19N3O. The standard InChI is InChI=1S/C13H19N3O/c1-9-8-10(13(14)15)2-5-12(9)16(6-7-17)11-3-4-11/h2,5,8,11,17H,3-4,6-7H2,1H3,(H3,14,15). The van der Waals surface area contributed by atoms with Gasteiger partial charge in [0.2, 0.25) is 0 Å². The summed E-state index contributed by atoms with van der Waals surface area (Å²) in [6, 6.07) is 6.38. The average molecular weight is 233 g/mol. The molecule has 4 N–H and O–H groups in total. The summed E-state index contributed by atoms with van der Waals surface area (Å²) in [5.74, 6) is 0.0970. The number of nitrogens with zero attached hydrogens (tertiary/aromatic N) is 1. The molecule has 0 amide bonds. The number of benzene rings is 1. The van der Waals surface area contributed by atoms with Gasteiger partial charge in [-0.2, -0.15) is 0 Å². The highest BCUT2D eigenvalue weighted by Crippen LogP contribution is 2.33. The fourth-order valence-electron chi connectivity index (χ4n) is 2.14. The first-order valence-corrected chi connectivity index (χ1v) is 5.96. The summed E-state index contributed by atoms with van der Waals surface area (Å²) in [7, 11) is 0. The van der Waals surface area contributed by atoms with E-state index in [0.29, 0.717) is 12.6 Å². The Bertz CT molecular complexity index is 427. The van der Waals surface area contributed by atoms with E-state index in [1.54, 1.807) is 0 Å². The molecule has 0 radical (unpaired) electrons. The van der Waals surface area contributed by atoms with E-state index < -0.39 is 0 Å². The zero-order valence-electron chi connectivity index (χ0n) is 10.1. The number of aryl methyl sites for hydroxylation is 1. The summed E-state index contributed by atoms with van der Waals surface area (Å²) in [6.45, 7) is 2.86. The Morgan fingerprint density at radius 1 is 1.53 bits per heavy atom. The minimum Gasteiger partial charge on any atom is -0.395 e. The van der Waals surface area contributed by atoms with E-state index in [1.807, 2.05) is 25.1 Å². The van der Waals surface area contributed by atoms with E-state index in [0.717, 1.165) is 16.8 Å². The van der Waals surface area contributed by atoms with Crippen LogP contribution in [-0.2, 0) is 0 Å². The number of rotatable bonds is 5. The number of hydrogen-bond donors (Lipinski definition) is 3. The van der Waals surface area contributed by atoms with Gasteiger partial charge in [-0.15, -0.1) is 0 Å². The molecule has 1 aliphatic rings. The van der Waals surface area contributed by atoms with Crippen molar-refractivity contribution in [3.8, 4) is 0 Å². The maximum atomic E-state index is 9.11. The molecule has 4 heteroatoms. The van der Waals surface area contributed by atoms with Gasteiger partial charge in [0.15, 0.2) is 0 Å². The summed E-state index contributed by atoms with van der Waals surface area (Å²) >= 11 is 0. The normalized spacial score (nSPS) is 14.7. The molecule has 92 valence electrons. The summed E-state index contributed by atoms with van der Waals surface area (Å²) in [5.41, 5.74) is 8.48. The largest absolute Gasteiger partial charge is 0.395 e. The molecule has 1 fully saturated rings. The second-order valence-corrected chi connectivity index (χ2v) is 4.56. The van der Waals surface area contributed by atoms with Gasteiger partial charge in [-0.05, 0) is 43.5 Å². The Morgan fingerprint density at radius 2 is 2.24 bits per heavy atom. The van der Waals surface area contributed by atoms with Crippen LogP contribution in [0, 0.1) is 12.3 Å². The van der Waals surface area contributed by atoms with E-state index in [-0.39, 0.29) is 12.4 Å². The molecular weight excluding hydrogens is 214 g/mol. The predicted octanol–water partition coefficient (Wildman–Crippen LogP) is 1.24. The van der Waals surface area contributed by atoms with Crippen LogP contribution in [0.3, 0.4) is 0 Å². The van der Waals surface area contributed by atoms with Crippen molar-refractivity contribution in [2.45, 2.75) is 25.8 Å². The van der Waals surface area contributed by atoms with Gasteiger partial charge in [-0.1, -0.05) is 0 Å². The minimum atomic E-state index is 0.0970. The molecule has 1 saturated carbocycles. The van der Waals surface area contributed by atoms with Gasteiger partial charge in [0.05, 0.1) is 6.61 Å². The Hall–Kier alpha value is -1.55. The molecule has 0 saturated heterocycles. The van der Waals surface area contributed by atoms with Crippen LogP contribution in [-0.4, -0.2) is 30.1 Å². The van der Waals surface area contributed by atoms with Crippen molar-refractivity contribution in [2.24, 2.45) is 5.73 Å². The van der Waals surface area contributed by atoms with Crippen LogP contribution in [0.5, 0.6) is 0 Å². The molecule has 2 rings (SSSR count). The number of amidine groups is 1. The van der Waals surface area contributed by atoms with E-state index in [1.165, 1.54) is 12.8 Å². The smallest absolute Gasteiger partial charge is 0.122 e. The van der Waals surface area contributed by atoms with Crippen LogP contribution >= 0.6 is 0 Å². The Labute approximate surface area is 102 Å². The fraction of sp³-hybridized carbons (Fsp3) is 0.462. The van der Waals surface area contributed by atoms with Gasteiger partial charge in [0.1, 0.15) is 5.84 Å². The number of nitrogens with one attached hydrogen (secondary N) is 1. The van der Waals surface area contributed by atoms with Gasteiger partial charge in [-0.25, -0.2) is 0 Å². The third-order valence-electron chi connectivity index (χ3n) is 3.15. The molecule has 17 heavy (non-hydrogen) atoms. The molecule has 0 spiro atoms. The van der Waals surface area contributed by atoms with Crippen LogP contribution in [0.2, 0.25) is 0 Å². The summed E-state index contributed by atoms with van der Waals surface area (Å²) < 4.78 is 0. The maximum Gasteiger partial charge on any atom is 0.122 e. The highest BCUT2D eigenvalue weighted by Gasteiger charge is 2.29. The van der Waals surface area contributed by atoms with Crippen molar-refractivity contribution in [1.29, 1.82) is 5.41 Å². The van der Waals surface area contributed by atoms with E-state index >= 15 is 0 Å². The zero-order chi connectivity index (χ0) is 12.4. The second-order valence-electron chi connectivity index (χ2n) is 4.56. The number of nitrogens with two attached hydrogens (primary N) is 1. The summed E-state index contributed by atoms with van der Waals surface area (Å²) in [4.78, 5) is 2.25. The lowest BCUT2D eigenvalue weighted by atomic mass is 10.1. The van der Waals surface area contributed by atoms with Crippen molar-refractivity contribution in [3.63, 3.8) is 0 Å². The SMILES string of the molecule is Cc1cc(C(=N)N)ccc1N(CCO)C1CC1. The van der Waals surface area contributed by atoms with Gasteiger partial charge in [0, 0.05) is 23.8 Å². The lowest BCUT2D eigenvalue weighted by Gasteiger charge is -2.25. The van der Waals surface area contributed by atoms with E-state index in [2.05, 4.69) is 4.90 Å². The van der Waals surface area contributed by atoms with Gasteiger partial charge >= 0.3 is 0 Å². The number of anilines is 1. The third kappa shape index (κ3) is 2.58. The van der Waals surface area contributed by atoms with E-state index in [9.17, 15) is 0 Å². The van der Waals surface area contributed by atoms with Crippen LogP contribution in [0.25, 0.3) is 0 Å². The van der Waals surface area contributed by atoms with Crippen LogP contribution in [0.15, 0.2) is 18.2 Å². The third-order valence-corrected chi connectivity index (χ3v) is 3.15. The minimum absolute atomic E-state index is 0.0970. The molecule has 0 unspecified atom stereocenters. The first-order valence-electron chi connectivity index (χ1n) is 5.96. The molecule has 1 aromatic rings. The number of aliphatic hydroxyl groups excluding tert-OH is 1. The van der Waals surface area contributed by atoms with Gasteiger partial charge in [-0.3, -0.25) is 5.41 Å². The molecule has 0 heterocycles. The fourth-order valence-corrected chi connectivity index (χ4v) is 2.14. The van der Waals surface area contributed by atoms with Crippen LogP contribution in [0.4, 0.5) is 5.69 Å². The first kappa shape index (κ1) is 11.9. The number of hydrogen-bond acceptors (Lipinski definition) is 3. The molecule has 1 aromatic carbocycles. The summed E-state index contributed by atoms with van der Waals surface area (Å²) in [5, 5.41) is 16.5. The van der Waals surface area contributed by atoms with Gasteiger partial charge < -0.3 is 15.7 Å². The quantitative estimate of drug-likeness (QED) is 0.529. The van der Waals surface area contributed by atoms with E-state index in [4.69, 9.17) is 16.2 Å². The lowest BCUT2D eigenvalue weighted by Crippen LogP contribution is -2.29. The van der Waals surface area contributed by atoms with Gasteiger partial charge in [0.25, 0.3) is 0 Å². The Balaban J connectivity index is 2.27. The zero-order valence-corrected chi connectivity index (χ0v) is 10.1. The summed E-state index contributed by atoms with van der Waals surface area (Å²) in [6.07, 6.45) is 2.40. The monoisotopic (exact) mass is 233 g/mol. The second kappa shape index (κ2) is 4.75. The predicted molar refractivity (Wildman–Crippen MR) is 69.6 cm³/mol. The maximum absolute atomic E-state index is 9.11. The number of nitrogen functional groups attached to an aromatic ring is 1. The van der Waals surface area contributed by atoms with Crippen LogP contribution in [0.1, 0.15) is 24.0 Å². The molecule has 0 aliphatic heterocycles. The van der Waals surface area contributed by atoms with Crippen molar-refractivity contribution < 1.29 is 5.11 Å². The molecule has 4 nitrogen and oxygen atoms in total. The first-order chi connectivity index (χ1) is 8.13. The van der Waals surface area contributed by atoms with Crippen molar-refractivity contribution in [2.75, 3.05) is 18.1 Å². The van der Waals surface area contributed by atoms with Crippen molar-refractivity contribution >= 4 is 11.5 Å². The Kier molecular flexibility index (Phi) is 3.33. The average Bonchev–Trinajstić information content (AvgIpc) is 3.10. The lowest BCUT2D eigenvalue weighted by molar-refractivity contribution is 0.301. The van der Waals surface area contributed by atoms with Crippen LogP contribution < -0.4 is 10.6 Å². The topological polar surface area (TPSA) is 73.3 Å². The number of aliphatic hydroxyl groups is 1. The molecule has 1 aliphatic carbocycles.